The maximum Gasteiger partial charge on any atom is 0.223 e. The minimum Gasteiger partial charge on any atom is -0.340 e. The van der Waals surface area contributed by atoms with Crippen molar-refractivity contribution < 1.29 is 4.79 Å². The average Bonchev–Trinajstić information content (AvgIpc) is 3.53. The van der Waals surface area contributed by atoms with E-state index >= 15 is 0 Å². The lowest BCUT2D eigenvalue weighted by Crippen LogP contribution is -2.31. The monoisotopic (exact) mass is 455 g/mol. The van der Waals surface area contributed by atoms with Crippen molar-refractivity contribution >= 4 is 17.5 Å². The van der Waals surface area contributed by atoms with Crippen LogP contribution in [0.2, 0.25) is 5.02 Å². The van der Waals surface area contributed by atoms with Gasteiger partial charge in [-0.05, 0) is 48.1 Å². The third-order valence-electron chi connectivity index (χ3n) is 6.31. The number of imidazole rings is 1. The molecule has 0 radical (unpaired) electrons. The molecule has 1 aliphatic rings. The summed E-state index contributed by atoms with van der Waals surface area (Å²) in [5.74, 6) is 1.04. The Kier molecular flexibility index (Phi) is 6.27. The minimum atomic E-state index is 0.00545. The summed E-state index contributed by atoms with van der Waals surface area (Å²) in [6.45, 7) is 0.781. The zero-order valence-electron chi connectivity index (χ0n) is 18.4. The molecule has 4 aromatic rings. The van der Waals surface area contributed by atoms with Crippen LogP contribution in [0.15, 0.2) is 85.1 Å². The number of halogens is 1. The van der Waals surface area contributed by atoms with Gasteiger partial charge < -0.3 is 9.88 Å². The van der Waals surface area contributed by atoms with Crippen LogP contribution in [-0.4, -0.2) is 27.3 Å². The highest BCUT2D eigenvalue weighted by molar-refractivity contribution is 6.30. The van der Waals surface area contributed by atoms with Crippen molar-refractivity contribution in [1.29, 1.82) is 0 Å². The Morgan fingerprint density at radius 2 is 1.73 bits per heavy atom. The number of rotatable bonds is 6. The number of carbonyl (C=O) groups excluding carboxylic acids is 1. The quantitative estimate of drug-likeness (QED) is 0.352. The first-order chi connectivity index (χ1) is 16.2. The Hall–Kier alpha value is -3.37. The van der Waals surface area contributed by atoms with Crippen LogP contribution in [0.3, 0.4) is 0 Å². The summed E-state index contributed by atoms with van der Waals surface area (Å²) < 4.78 is 0. The van der Waals surface area contributed by atoms with Crippen LogP contribution >= 0.6 is 11.6 Å². The van der Waals surface area contributed by atoms with Gasteiger partial charge in [-0.3, -0.25) is 4.79 Å². The van der Waals surface area contributed by atoms with Gasteiger partial charge in [-0.15, -0.1) is 0 Å². The van der Waals surface area contributed by atoms with Crippen LogP contribution in [0, 0.1) is 0 Å². The molecule has 4 nitrogen and oxygen atoms in total. The molecule has 1 atom stereocenters. The Morgan fingerprint density at radius 1 is 0.970 bits per heavy atom. The largest absolute Gasteiger partial charge is 0.340 e. The summed E-state index contributed by atoms with van der Waals surface area (Å²) >= 11 is 6.13. The van der Waals surface area contributed by atoms with Gasteiger partial charge in [0.05, 0.1) is 17.9 Å². The molecule has 0 saturated carbocycles. The predicted molar refractivity (Wildman–Crippen MR) is 133 cm³/mol. The fraction of sp³-hybridized carbons (Fsp3) is 0.214. The van der Waals surface area contributed by atoms with E-state index in [1.807, 2.05) is 53.6 Å². The van der Waals surface area contributed by atoms with Crippen LogP contribution in [0.4, 0.5) is 0 Å². The lowest BCUT2D eigenvalue weighted by molar-refractivity contribution is -0.132. The summed E-state index contributed by atoms with van der Waals surface area (Å²) in [4.78, 5) is 23.1. The van der Waals surface area contributed by atoms with Gasteiger partial charge in [-0.25, -0.2) is 4.98 Å². The third kappa shape index (κ3) is 4.86. The summed E-state index contributed by atoms with van der Waals surface area (Å²) in [5.41, 5.74) is 5.50. The first kappa shape index (κ1) is 21.5. The smallest absolute Gasteiger partial charge is 0.223 e. The van der Waals surface area contributed by atoms with E-state index in [4.69, 9.17) is 11.6 Å². The molecule has 1 fully saturated rings. The second-order valence-corrected chi connectivity index (χ2v) is 8.94. The molecule has 3 aromatic carbocycles. The molecule has 1 aliphatic heterocycles. The summed E-state index contributed by atoms with van der Waals surface area (Å²) in [6, 6.07) is 26.6. The highest BCUT2D eigenvalue weighted by Crippen LogP contribution is 2.32. The topological polar surface area (TPSA) is 49.0 Å². The molecular weight excluding hydrogens is 430 g/mol. The number of hydrogen-bond donors (Lipinski definition) is 1. The molecule has 1 amide bonds. The van der Waals surface area contributed by atoms with Gasteiger partial charge in [0.2, 0.25) is 5.91 Å². The van der Waals surface area contributed by atoms with Gasteiger partial charge in [-0.1, -0.05) is 78.3 Å². The number of likely N-dealkylation sites (tertiary alicyclic amines) is 1. The molecule has 1 aromatic heterocycles. The normalized spacial score (nSPS) is 15.7. The van der Waals surface area contributed by atoms with Crippen LogP contribution < -0.4 is 0 Å². The second-order valence-electron chi connectivity index (χ2n) is 8.50. The van der Waals surface area contributed by atoms with E-state index in [1.165, 1.54) is 16.7 Å². The number of nitrogens with zero attached hydrogens (tertiary/aromatic N) is 2. The first-order valence-corrected chi connectivity index (χ1v) is 11.8. The van der Waals surface area contributed by atoms with E-state index in [0.717, 1.165) is 42.9 Å². The number of nitrogens with one attached hydrogen (secondary N) is 1. The van der Waals surface area contributed by atoms with E-state index in [2.05, 4.69) is 46.4 Å². The van der Waals surface area contributed by atoms with E-state index < -0.39 is 0 Å². The van der Waals surface area contributed by atoms with Crippen LogP contribution in [0.25, 0.3) is 22.4 Å². The molecule has 5 rings (SSSR count). The standard InChI is InChI=1S/C28H26ClN3O/c29-24-9-4-8-23(18-24)25-19-30-28(31-25)26-10-5-17-32(26)27(33)16-13-20-11-14-22(15-12-20)21-6-2-1-3-7-21/h1-4,6-9,11-12,14-15,18-19,26H,5,10,13,16-17H2,(H,30,31)/t26-/m0/s1. The van der Waals surface area contributed by atoms with Crippen molar-refractivity contribution in [3.05, 3.63) is 101 Å². The summed E-state index contributed by atoms with van der Waals surface area (Å²) in [5, 5.41) is 0.693. The molecule has 33 heavy (non-hydrogen) atoms. The molecule has 2 heterocycles. The average molecular weight is 456 g/mol. The van der Waals surface area contributed by atoms with Crippen LogP contribution in [0.1, 0.15) is 36.7 Å². The number of aromatic nitrogens is 2. The molecule has 0 bridgehead atoms. The van der Waals surface area contributed by atoms with E-state index in [9.17, 15) is 4.79 Å². The molecule has 1 N–H and O–H groups in total. The van der Waals surface area contributed by atoms with Crippen molar-refractivity contribution in [2.75, 3.05) is 6.54 Å². The van der Waals surface area contributed by atoms with Crippen molar-refractivity contribution in [3.8, 4) is 22.4 Å². The van der Waals surface area contributed by atoms with Gasteiger partial charge in [0.15, 0.2) is 0 Å². The molecule has 0 unspecified atom stereocenters. The lowest BCUT2D eigenvalue weighted by atomic mass is 10.0. The Morgan fingerprint density at radius 3 is 2.52 bits per heavy atom. The van der Waals surface area contributed by atoms with Crippen LogP contribution in [0.5, 0.6) is 0 Å². The van der Waals surface area contributed by atoms with Crippen molar-refractivity contribution in [1.82, 2.24) is 14.9 Å². The molecule has 5 heteroatoms. The van der Waals surface area contributed by atoms with Gasteiger partial charge in [-0.2, -0.15) is 0 Å². The zero-order chi connectivity index (χ0) is 22.6. The number of benzene rings is 3. The maximum atomic E-state index is 13.1. The molecule has 0 aliphatic carbocycles. The first-order valence-electron chi connectivity index (χ1n) is 11.4. The number of carbonyl (C=O) groups is 1. The fourth-order valence-electron chi connectivity index (χ4n) is 4.55. The highest BCUT2D eigenvalue weighted by atomic mass is 35.5. The highest BCUT2D eigenvalue weighted by Gasteiger charge is 2.31. The summed E-state index contributed by atoms with van der Waals surface area (Å²) in [6.07, 6.45) is 5.00. The van der Waals surface area contributed by atoms with E-state index in [-0.39, 0.29) is 11.9 Å². The number of aryl methyl sites for hydroxylation is 1. The van der Waals surface area contributed by atoms with Crippen molar-refractivity contribution in [2.24, 2.45) is 0 Å². The van der Waals surface area contributed by atoms with Gasteiger partial charge in [0, 0.05) is 23.6 Å². The SMILES string of the molecule is O=C(CCc1ccc(-c2ccccc2)cc1)N1CCC[C@H]1c1ncc(-c2cccc(Cl)c2)[nH]1. The maximum absolute atomic E-state index is 13.1. The number of amides is 1. The van der Waals surface area contributed by atoms with Gasteiger partial charge in [0.1, 0.15) is 5.82 Å². The van der Waals surface area contributed by atoms with Crippen LogP contribution in [-0.2, 0) is 11.2 Å². The number of aromatic amines is 1. The Labute approximate surface area is 199 Å². The number of hydrogen-bond acceptors (Lipinski definition) is 2. The lowest BCUT2D eigenvalue weighted by Gasteiger charge is -2.23. The fourth-order valence-corrected chi connectivity index (χ4v) is 4.74. The van der Waals surface area contributed by atoms with Crippen molar-refractivity contribution in [3.63, 3.8) is 0 Å². The third-order valence-corrected chi connectivity index (χ3v) is 6.54. The Balaban J connectivity index is 1.23. The minimum absolute atomic E-state index is 0.00545. The van der Waals surface area contributed by atoms with Gasteiger partial charge in [0.25, 0.3) is 0 Å². The second kappa shape index (κ2) is 9.63. The van der Waals surface area contributed by atoms with E-state index in [0.29, 0.717) is 11.4 Å². The molecule has 0 spiro atoms. The predicted octanol–water partition coefficient (Wildman–Crippen LogP) is 6.69. The molecule has 166 valence electrons. The summed E-state index contributed by atoms with van der Waals surface area (Å²) in [7, 11) is 0. The zero-order valence-corrected chi connectivity index (χ0v) is 19.1. The molecule has 1 saturated heterocycles. The number of H-pyrrole nitrogens is 1. The Bertz CT molecular complexity index is 1230. The van der Waals surface area contributed by atoms with Gasteiger partial charge >= 0.3 is 0 Å². The molecular formula is C28H26ClN3O. The van der Waals surface area contributed by atoms with Crippen molar-refractivity contribution in [2.45, 2.75) is 31.7 Å². The van der Waals surface area contributed by atoms with E-state index in [1.54, 1.807) is 0 Å².